The van der Waals surface area contributed by atoms with Crippen molar-refractivity contribution in [1.82, 2.24) is 0 Å². The molecule has 0 amide bonds. The SMILES string of the molecule is Cc1cc(S(=O)(=O)Nc2ccc(Br)cc2C(N)=S)sc1Cl. The van der Waals surface area contributed by atoms with Gasteiger partial charge in [0.2, 0.25) is 0 Å². The number of sulfonamides is 1. The Labute approximate surface area is 145 Å². The highest BCUT2D eigenvalue weighted by Gasteiger charge is 2.20. The van der Waals surface area contributed by atoms with E-state index in [0.29, 0.717) is 21.2 Å². The van der Waals surface area contributed by atoms with Crippen LogP contribution >= 0.6 is 51.1 Å². The van der Waals surface area contributed by atoms with Crippen molar-refractivity contribution in [2.24, 2.45) is 5.73 Å². The number of hydrogen-bond acceptors (Lipinski definition) is 4. The Balaban J connectivity index is 2.44. The van der Waals surface area contributed by atoms with Crippen molar-refractivity contribution >= 4 is 71.8 Å². The van der Waals surface area contributed by atoms with Crippen molar-refractivity contribution in [2.45, 2.75) is 11.1 Å². The van der Waals surface area contributed by atoms with Gasteiger partial charge in [0, 0.05) is 10.0 Å². The fraction of sp³-hybridized carbons (Fsp3) is 0.0833. The van der Waals surface area contributed by atoms with Gasteiger partial charge in [-0.05, 0) is 36.8 Å². The second kappa shape index (κ2) is 6.21. The summed E-state index contributed by atoms with van der Waals surface area (Å²) in [6.45, 7) is 1.75. The van der Waals surface area contributed by atoms with E-state index in [0.717, 1.165) is 15.8 Å². The van der Waals surface area contributed by atoms with E-state index in [1.165, 1.54) is 6.07 Å². The van der Waals surface area contributed by atoms with Crippen molar-refractivity contribution in [3.05, 3.63) is 44.2 Å². The van der Waals surface area contributed by atoms with Gasteiger partial charge in [0.05, 0.1) is 10.0 Å². The number of rotatable bonds is 4. The largest absolute Gasteiger partial charge is 0.389 e. The van der Waals surface area contributed by atoms with E-state index in [2.05, 4.69) is 20.7 Å². The van der Waals surface area contributed by atoms with Crippen LogP contribution in [0.1, 0.15) is 11.1 Å². The Morgan fingerprint density at radius 1 is 1.43 bits per heavy atom. The molecule has 1 heterocycles. The molecule has 9 heteroatoms. The van der Waals surface area contributed by atoms with Crippen LogP contribution in [0.4, 0.5) is 5.69 Å². The molecular weight excluding hydrogens is 416 g/mol. The number of thiophene rings is 1. The normalized spacial score (nSPS) is 11.4. The summed E-state index contributed by atoms with van der Waals surface area (Å²) < 4.78 is 28.6. The Morgan fingerprint density at radius 3 is 2.62 bits per heavy atom. The van der Waals surface area contributed by atoms with Gasteiger partial charge in [0.15, 0.2) is 0 Å². The van der Waals surface area contributed by atoms with Crippen LogP contribution in [0.3, 0.4) is 0 Å². The quantitative estimate of drug-likeness (QED) is 0.729. The molecule has 0 spiro atoms. The standard InChI is InChI=1S/C12H10BrClN2O2S3/c1-6-4-10(20-11(6)14)21(17,18)16-9-3-2-7(13)5-8(9)12(15)19/h2-5,16H,1H3,(H2,15,19). The van der Waals surface area contributed by atoms with E-state index in [4.69, 9.17) is 29.6 Å². The van der Waals surface area contributed by atoms with Gasteiger partial charge in [-0.1, -0.05) is 39.7 Å². The van der Waals surface area contributed by atoms with Crippen LogP contribution in [0.15, 0.2) is 32.9 Å². The van der Waals surface area contributed by atoms with Crippen LogP contribution in [-0.2, 0) is 10.0 Å². The molecular formula is C12H10BrClN2O2S3. The molecule has 112 valence electrons. The Kier molecular flexibility index (Phi) is 4.94. The zero-order chi connectivity index (χ0) is 15.8. The van der Waals surface area contributed by atoms with Gasteiger partial charge in [-0.3, -0.25) is 4.72 Å². The second-order valence-corrected chi connectivity index (χ2v) is 9.10. The predicted octanol–water partition coefficient (Wildman–Crippen LogP) is 3.91. The molecule has 0 fully saturated rings. The van der Waals surface area contributed by atoms with Crippen molar-refractivity contribution in [3.8, 4) is 0 Å². The van der Waals surface area contributed by atoms with E-state index in [1.54, 1.807) is 25.1 Å². The van der Waals surface area contributed by atoms with Crippen molar-refractivity contribution in [1.29, 1.82) is 0 Å². The molecule has 0 aliphatic carbocycles. The maximum Gasteiger partial charge on any atom is 0.271 e. The molecule has 0 radical (unpaired) electrons. The summed E-state index contributed by atoms with van der Waals surface area (Å²) in [6, 6.07) is 6.48. The number of thiocarbonyl (C=S) groups is 1. The van der Waals surface area contributed by atoms with Gasteiger partial charge in [-0.2, -0.15) is 0 Å². The van der Waals surface area contributed by atoms with Crippen LogP contribution < -0.4 is 10.5 Å². The second-order valence-electron chi connectivity index (χ2n) is 4.18. The first kappa shape index (κ1) is 16.7. The molecule has 1 aromatic heterocycles. The third-order valence-corrected chi connectivity index (χ3v) is 6.70. The molecule has 0 bridgehead atoms. The minimum atomic E-state index is -3.73. The van der Waals surface area contributed by atoms with E-state index in [-0.39, 0.29) is 9.20 Å². The summed E-state index contributed by atoms with van der Waals surface area (Å²) in [5, 5.41) is 0. The lowest BCUT2D eigenvalue weighted by atomic mass is 10.2. The van der Waals surface area contributed by atoms with E-state index >= 15 is 0 Å². The first-order valence-corrected chi connectivity index (χ1v) is 9.46. The van der Waals surface area contributed by atoms with Crippen LogP contribution in [-0.4, -0.2) is 13.4 Å². The first-order chi connectivity index (χ1) is 9.70. The highest BCUT2D eigenvalue weighted by atomic mass is 79.9. The molecule has 0 aliphatic heterocycles. The predicted molar refractivity (Wildman–Crippen MR) is 94.9 cm³/mol. The summed E-state index contributed by atoms with van der Waals surface area (Å²) >= 11 is 15.2. The molecule has 3 N–H and O–H groups in total. The molecule has 0 saturated heterocycles. The average molecular weight is 426 g/mol. The van der Waals surface area contributed by atoms with Gasteiger partial charge in [-0.15, -0.1) is 11.3 Å². The molecule has 2 rings (SSSR count). The summed E-state index contributed by atoms with van der Waals surface area (Å²) in [7, 11) is -3.73. The molecule has 1 aromatic carbocycles. The van der Waals surface area contributed by atoms with Crippen molar-refractivity contribution in [2.75, 3.05) is 4.72 Å². The summed E-state index contributed by atoms with van der Waals surface area (Å²) in [5.41, 5.74) is 7.12. The van der Waals surface area contributed by atoms with Crippen LogP contribution in [0.2, 0.25) is 4.34 Å². The molecule has 2 aromatic rings. The third-order valence-electron chi connectivity index (χ3n) is 2.59. The number of anilines is 1. The average Bonchev–Trinajstić information content (AvgIpc) is 2.72. The van der Waals surface area contributed by atoms with Crippen LogP contribution in [0.25, 0.3) is 0 Å². The Hall–Kier alpha value is -0.670. The highest BCUT2D eigenvalue weighted by molar-refractivity contribution is 9.10. The van der Waals surface area contributed by atoms with Gasteiger partial charge >= 0.3 is 0 Å². The number of hydrogen-bond donors (Lipinski definition) is 2. The lowest BCUT2D eigenvalue weighted by Gasteiger charge is -2.11. The van der Waals surface area contributed by atoms with Gasteiger partial charge in [0.1, 0.15) is 9.20 Å². The smallest absolute Gasteiger partial charge is 0.271 e. The van der Waals surface area contributed by atoms with E-state index < -0.39 is 10.0 Å². The molecule has 0 aliphatic rings. The molecule has 0 saturated carbocycles. The zero-order valence-electron chi connectivity index (χ0n) is 10.7. The lowest BCUT2D eigenvalue weighted by Crippen LogP contribution is -2.17. The number of nitrogens with one attached hydrogen (secondary N) is 1. The Bertz CT molecular complexity index is 798. The monoisotopic (exact) mass is 424 g/mol. The van der Waals surface area contributed by atoms with E-state index in [9.17, 15) is 8.42 Å². The third kappa shape index (κ3) is 3.75. The number of benzene rings is 1. The number of nitrogens with two attached hydrogens (primary N) is 1. The van der Waals surface area contributed by atoms with Crippen molar-refractivity contribution < 1.29 is 8.42 Å². The Morgan fingerprint density at radius 2 is 2.10 bits per heavy atom. The van der Waals surface area contributed by atoms with E-state index in [1.807, 2.05) is 0 Å². The van der Waals surface area contributed by atoms with Gasteiger partial charge < -0.3 is 5.73 Å². The number of halogens is 2. The molecule has 4 nitrogen and oxygen atoms in total. The minimum Gasteiger partial charge on any atom is -0.389 e. The van der Waals surface area contributed by atoms with Crippen LogP contribution in [0.5, 0.6) is 0 Å². The summed E-state index contributed by atoms with van der Waals surface area (Å²) in [6.07, 6.45) is 0. The summed E-state index contributed by atoms with van der Waals surface area (Å²) in [4.78, 5) is 0.106. The zero-order valence-corrected chi connectivity index (χ0v) is 15.5. The minimum absolute atomic E-state index is 0.106. The van der Waals surface area contributed by atoms with Gasteiger partial charge in [0.25, 0.3) is 10.0 Å². The fourth-order valence-electron chi connectivity index (χ4n) is 1.57. The first-order valence-electron chi connectivity index (χ1n) is 5.59. The molecule has 0 atom stereocenters. The van der Waals surface area contributed by atoms with Crippen molar-refractivity contribution in [3.63, 3.8) is 0 Å². The number of aryl methyl sites for hydroxylation is 1. The summed E-state index contributed by atoms with van der Waals surface area (Å²) in [5.74, 6) is 0. The lowest BCUT2D eigenvalue weighted by molar-refractivity contribution is 0.603. The maximum atomic E-state index is 12.4. The highest BCUT2D eigenvalue weighted by Crippen LogP contribution is 2.32. The van der Waals surface area contributed by atoms with Gasteiger partial charge in [-0.25, -0.2) is 8.42 Å². The topological polar surface area (TPSA) is 72.2 Å². The molecule has 0 unspecified atom stereocenters. The maximum absolute atomic E-state index is 12.4. The van der Waals surface area contributed by atoms with Crippen LogP contribution in [0, 0.1) is 6.92 Å². The fourth-order valence-corrected chi connectivity index (χ4v) is 4.89. The molecule has 21 heavy (non-hydrogen) atoms.